The molecule has 0 amide bonds. The van der Waals surface area contributed by atoms with Crippen molar-refractivity contribution >= 4 is 0 Å². The monoisotopic (exact) mass is 265 g/mol. The van der Waals surface area contributed by atoms with Crippen LogP contribution < -0.4 is 0 Å². The van der Waals surface area contributed by atoms with Crippen LogP contribution in [0.4, 0.5) is 0 Å². The van der Waals surface area contributed by atoms with Gasteiger partial charge in [-0.1, -0.05) is 37.3 Å². The second-order valence-corrected chi connectivity index (χ2v) is 5.80. The number of rotatable bonds is 2. The summed E-state index contributed by atoms with van der Waals surface area (Å²) in [5.41, 5.74) is 2.30. The van der Waals surface area contributed by atoms with Gasteiger partial charge in [-0.2, -0.15) is 10.4 Å². The van der Waals surface area contributed by atoms with E-state index >= 15 is 0 Å². The summed E-state index contributed by atoms with van der Waals surface area (Å²) in [5, 5.41) is 13.9. The Morgan fingerprint density at radius 2 is 2.00 bits per heavy atom. The third kappa shape index (κ3) is 2.46. The van der Waals surface area contributed by atoms with Gasteiger partial charge in [0.1, 0.15) is 0 Å². The fourth-order valence-electron chi connectivity index (χ4n) is 3.09. The van der Waals surface area contributed by atoms with Crippen LogP contribution >= 0.6 is 0 Å². The van der Waals surface area contributed by atoms with E-state index in [9.17, 15) is 5.26 Å². The summed E-state index contributed by atoms with van der Waals surface area (Å²) in [6, 6.07) is 13.0. The highest BCUT2D eigenvalue weighted by atomic mass is 15.3. The van der Waals surface area contributed by atoms with Crippen LogP contribution in [-0.4, -0.2) is 9.78 Å². The minimum atomic E-state index is 0.0923. The molecule has 1 aliphatic rings. The molecule has 3 nitrogen and oxygen atoms in total. The van der Waals surface area contributed by atoms with Gasteiger partial charge in [0.15, 0.2) is 0 Å². The van der Waals surface area contributed by atoms with Crippen molar-refractivity contribution < 1.29 is 0 Å². The first-order chi connectivity index (χ1) is 9.78. The average Bonchev–Trinajstić information content (AvgIpc) is 2.98. The Morgan fingerprint density at radius 3 is 2.75 bits per heavy atom. The molecule has 3 heteroatoms. The van der Waals surface area contributed by atoms with Crippen molar-refractivity contribution in [2.75, 3.05) is 0 Å². The van der Waals surface area contributed by atoms with Crippen molar-refractivity contribution in [2.24, 2.45) is 11.8 Å². The lowest BCUT2D eigenvalue weighted by Crippen LogP contribution is -2.26. The molecule has 2 aromatic rings. The number of benzene rings is 1. The molecule has 3 rings (SSSR count). The van der Waals surface area contributed by atoms with E-state index < -0.39 is 0 Å². The van der Waals surface area contributed by atoms with E-state index in [2.05, 4.69) is 36.4 Å². The van der Waals surface area contributed by atoms with Gasteiger partial charge >= 0.3 is 0 Å². The topological polar surface area (TPSA) is 41.6 Å². The molecule has 0 aliphatic heterocycles. The SMILES string of the molecule is CC1CCC(C#N)C(n2cc(-c3ccccc3)cn2)C1. The number of nitriles is 1. The highest BCUT2D eigenvalue weighted by Crippen LogP contribution is 2.37. The summed E-state index contributed by atoms with van der Waals surface area (Å²) >= 11 is 0. The van der Waals surface area contributed by atoms with Gasteiger partial charge in [0.25, 0.3) is 0 Å². The maximum Gasteiger partial charge on any atom is 0.0688 e. The predicted octanol–water partition coefficient (Wildman–Crippen LogP) is 4.05. The van der Waals surface area contributed by atoms with Gasteiger partial charge in [-0.05, 0) is 30.7 Å². The molecule has 1 fully saturated rings. The maximum atomic E-state index is 9.34. The zero-order chi connectivity index (χ0) is 13.9. The quantitative estimate of drug-likeness (QED) is 0.822. The molecule has 1 aromatic heterocycles. The Balaban J connectivity index is 1.87. The third-order valence-corrected chi connectivity index (χ3v) is 4.29. The largest absolute Gasteiger partial charge is 0.268 e. The zero-order valence-corrected chi connectivity index (χ0v) is 11.7. The lowest BCUT2D eigenvalue weighted by molar-refractivity contribution is 0.218. The van der Waals surface area contributed by atoms with Gasteiger partial charge in [0.05, 0.1) is 24.2 Å². The molecule has 3 atom stereocenters. The predicted molar refractivity (Wildman–Crippen MR) is 78.8 cm³/mol. The van der Waals surface area contributed by atoms with Gasteiger partial charge in [0.2, 0.25) is 0 Å². The van der Waals surface area contributed by atoms with Crippen LogP contribution in [0.3, 0.4) is 0 Å². The summed E-state index contributed by atoms with van der Waals surface area (Å²) in [4.78, 5) is 0. The molecule has 1 aliphatic carbocycles. The average molecular weight is 265 g/mol. The fourth-order valence-corrected chi connectivity index (χ4v) is 3.09. The minimum Gasteiger partial charge on any atom is -0.268 e. The highest BCUT2D eigenvalue weighted by Gasteiger charge is 2.30. The van der Waals surface area contributed by atoms with E-state index in [0.717, 1.165) is 24.8 Å². The van der Waals surface area contributed by atoms with E-state index in [1.807, 2.05) is 29.1 Å². The molecular weight excluding hydrogens is 246 g/mol. The summed E-state index contributed by atoms with van der Waals surface area (Å²) < 4.78 is 2.01. The molecule has 20 heavy (non-hydrogen) atoms. The van der Waals surface area contributed by atoms with Crippen molar-refractivity contribution in [2.45, 2.75) is 32.2 Å². The lowest BCUT2D eigenvalue weighted by atomic mass is 9.80. The van der Waals surface area contributed by atoms with Crippen molar-refractivity contribution in [3.8, 4) is 17.2 Å². The standard InChI is InChI=1S/C17H19N3/c1-13-7-8-15(10-18)17(9-13)20-12-16(11-19-20)14-5-3-2-4-6-14/h2-6,11-13,15,17H,7-9H2,1H3. The first-order valence-electron chi connectivity index (χ1n) is 7.27. The van der Waals surface area contributed by atoms with E-state index in [-0.39, 0.29) is 12.0 Å². The van der Waals surface area contributed by atoms with Crippen LogP contribution in [0.2, 0.25) is 0 Å². The zero-order valence-electron chi connectivity index (χ0n) is 11.7. The van der Waals surface area contributed by atoms with Crippen LogP contribution in [-0.2, 0) is 0 Å². The van der Waals surface area contributed by atoms with Gasteiger partial charge in [-0.25, -0.2) is 0 Å². The minimum absolute atomic E-state index is 0.0923. The Hall–Kier alpha value is -2.08. The highest BCUT2D eigenvalue weighted by molar-refractivity contribution is 5.61. The second-order valence-electron chi connectivity index (χ2n) is 5.80. The molecule has 3 unspecified atom stereocenters. The normalized spacial score (nSPS) is 26.1. The van der Waals surface area contributed by atoms with Crippen LogP contribution in [0.15, 0.2) is 42.7 Å². The molecule has 0 spiro atoms. The molecule has 0 saturated heterocycles. The van der Waals surface area contributed by atoms with Crippen molar-refractivity contribution in [3.63, 3.8) is 0 Å². The van der Waals surface area contributed by atoms with E-state index in [0.29, 0.717) is 5.92 Å². The number of aromatic nitrogens is 2. The van der Waals surface area contributed by atoms with Crippen LogP contribution in [0.25, 0.3) is 11.1 Å². The molecule has 1 aromatic carbocycles. The Morgan fingerprint density at radius 1 is 1.20 bits per heavy atom. The van der Waals surface area contributed by atoms with Crippen LogP contribution in [0.1, 0.15) is 32.2 Å². The molecule has 0 N–H and O–H groups in total. The summed E-state index contributed by atoms with van der Waals surface area (Å²) in [6.07, 6.45) is 7.18. The number of hydrogen-bond acceptors (Lipinski definition) is 2. The molecule has 102 valence electrons. The molecular formula is C17H19N3. The first-order valence-corrected chi connectivity index (χ1v) is 7.27. The summed E-state index contributed by atoms with van der Waals surface area (Å²) in [7, 11) is 0. The molecule has 0 bridgehead atoms. The fraction of sp³-hybridized carbons (Fsp3) is 0.412. The van der Waals surface area contributed by atoms with E-state index in [1.54, 1.807) is 0 Å². The Kier molecular flexibility index (Phi) is 3.56. The van der Waals surface area contributed by atoms with E-state index in [1.165, 1.54) is 5.56 Å². The van der Waals surface area contributed by atoms with Gasteiger partial charge < -0.3 is 0 Å². The summed E-state index contributed by atoms with van der Waals surface area (Å²) in [5.74, 6) is 0.767. The number of nitrogens with zero attached hydrogens (tertiary/aromatic N) is 3. The van der Waals surface area contributed by atoms with Gasteiger partial charge in [-0.3, -0.25) is 4.68 Å². The second kappa shape index (κ2) is 5.50. The molecule has 1 saturated carbocycles. The van der Waals surface area contributed by atoms with Crippen molar-refractivity contribution in [1.29, 1.82) is 5.26 Å². The van der Waals surface area contributed by atoms with Gasteiger partial charge in [0, 0.05) is 11.8 Å². The maximum absolute atomic E-state index is 9.34. The van der Waals surface area contributed by atoms with Crippen LogP contribution in [0.5, 0.6) is 0 Å². The van der Waals surface area contributed by atoms with Crippen molar-refractivity contribution in [1.82, 2.24) is 9.78 Å². The summed E-state index contributed by atoms with van der Waals surface area (Å²) in [6.45, 7) is 2.27. The first kappa shape index (κ1) is 12.9. The van der Waals surface area contributed by atoms with Crippen molar-refractivity contribution in [3.05, 3.63) is 42.7 Å². The lowest BCUT2D eigenvalue weighted by Gasteiger charge is -2.31. The van der Waals surface area contributed by atoms with Crippen LogP contribution in [0, 0.1) is 23.2 Å². The molecule has 1 heterocycles. The molecule has 0 radical (unpaired) electrons. The van der Waals surface area contributed by atoms with E-state index in [4.69, 9.17) is 0 Å². The smallest absolute Gasteiger partial charge is 0.0688 e. The van der Waals surface area contributed by atoms with Gasteiger partial charge in [-0.15, -0.1) is 0 Å². The number of hydrogen-bond donors (Lipinski definition) is 0. The Bertz CT molecular complexity index is 609. The third-order valence-electron chi connectivity index (χ3n) is 4.29. The Labute approximate surface area is 119 Å².